The van der Waals surface area contributed by atoms with Crippen molar-refractivity contribution in [1.29, 1.82) is 0 Å². The summed E-state index contributed by atoms with van der Waals surface area (Å²) in [7, 11) is -1.31. The Morgan fingerprint density at radius 3 is 2.06 bits per heavy atom. The lowest BCUT2D eigenvalue weighted by atomic mass is 10.1. The van der Waals surface area contributed by atoms with Crippen LogP contribution in [0, 0.1) is 3.57 Å². The van der Waals surface area contributed by atoms with Gasteiger partial charge >= 0.3 is 0 Å². The highest BCUT2D eigenvalue weighted by molar-refractivity contribution is 14.1. The molecule has 0 bridgehead atoms. The average Bonchev–Trinajstić information content (AvgIpc) is 2.28. The summed E-state index contributed by atoms with van der Waals surface area (Å²) in [6, 6.07) is 17.3. The van der Waals surface area contributed by atoms with Crippen molar-refractivity contribution in [3.05, 3.63) is 52.1 Å². The standard InChI is InChI=1S/C15H17ISi/c1-17(2,3)15-13(10-7-11-14(15)16)12-8-5-4-6-9-12/h4-11H,1-3H3. The van der Waals surface area contributed by atoms with Crippen LogP contribution in [-0.2, 0) is 0 Å². The molecule has 17 heavy (non-hydrogen) atoms. The normalized spacial score (nSPS) is 11.5. The number of rotatable bonds is 2. The van der Waals surface area contributed by atoms with E-state index in [1.165, 1.54) is 14.7 Å². The fourth-order valence-corrected chi connectivity index (χ4v) is 6.91. The first-order chi connectivity index (χ1) is 8.00. The Labute approximate surface area is 118 Å². The molecular weight excluding hydrogens is 335 g/mol. The maximum absolute atomic E-state index is 2.47. The van der Waals surface area contributed by atoms with Crippen molar-refractivity contribution in [3.8, 4) is 11.1 Å². The molecule has 2 aromatic carbocycles. The Morgan fingerprint density at radius 1 is 0.824 bits per heavy atom. The zero-order valence-corrected chi connectivity index (χ0v) is 13.7. The van der Waals surface area contributed by atoms with Crippen molar-refractivity contribution in [3.63, 3.8) is 0 Å². The Bertz CT molecular complexity index is 512. The van der Waals surface area contributed by atoms with E-state index in [2.05, 4.69) is 90.8 Å². The molecule has 2 heteroatoms. The Hall–Kier alpha value is -0.613. The van der Waals surface area contributed by atoms with E-state index in [1.807, 2.05) is 0 Å². The molecular formula is C15H17ISi. The monoisotopic (exact) mass is 352 g/mol. The Morgan fingerprint density at radius 2 is 1.47 bits per heavy atom. The number of benzene rings is 2. The Kier molecular flexibility index (Phi) is 3.73. The predicted octanol–water partition coefficient (Wildman–Crippen LogP) is 4.50. The summed E-state index contributed by atoms with van der Waals surface area (Å²) in [4.78, 5) is 0. The van der Waals surface area contributed by atoms with Crippen molar-refractivity contribution in [2.24, 2.45) is 0 Å². The average molecular weight is 352 g/mol. The largest absolute Gasteiger partial charge is 0.0798 e. The van der Waals surface area contributed by atoms with Gasteiger partial charge in [-0.25, -0.2) is 0 Å². The summed E-state index contributed by atoms with van der Waals surface area (Å²) < 4.78 is 1.41. The fraction of sp³-hybridized carbons (Fsp3) is 0.200. The maximum atomic E-state index is 2.47. The zero-order chi connectivity index (χ0) is 12.5. The first-order valence-electron chi connectivity index (χ1n) is 5.84. The van der Waals surface area contributed by atoms with E-state index in [-0.39, 0.29) is 0 Å². The topological polar surface area (TPSA) is 0 Å². The second-order valence-corrected chi connectivity index (χ2v) is 11.4. The third kappa shape index (κ3) is 2.80. The molecule has 88 valence electrons. The molecule has 0 atom stereocenters. The minimum absolute atomic E-state index is 1.31. The van der Waals surface area contributed by atoms with Crippen molar-refractivity contribution in [1.82, 2.24) is 0 Å². The molecule has 0 aromatic heterocycles. The van der Waals surface area contributed by atoms with Gasteiger partial charge in [-0.05, 0) is 45.0 Å². The van der Waals surface area contributed by atoms with Gasteiger partial charge in [0.2, 0.25) is 0 Å². The first kappa shape index (κ1) is 12.8. The van der Waals surface area contributed by atoms with Gasteiger partial charge in [-0.15, -0.1) is 0 Å². The van der Waals surface area contributed by atoms with E-state index >= 15 is 0 Å². The van der Waals surface area contributed by atoms with Crippen LogP contribution in [0.25, 0.3) is 11.1 Å². The summed E-state index contributed by atoms with van der Waals surface area (Å²) in [6.07, 6.45) is 0. The van der Waals surface area contributed by atoms with E-state index in [9.17, 15) is 0 Å². The number of hydrogen-bond donors (Lipinski definition) is 0. The summed E-state index contributed by atoms with van der Waals surface area (Å²) >= 11 is 2.47. The van der Waals surface area contributed by atoms with Crippen LogP contribution >= 0.6 is 22.6 Å². The highest BCUT2D eigenvalue weighted by Crippen LogP contribution is 2.22. The number of halogens is 1. The molecule has 0 radical (unpaired) electrons. The first-order valence-corrected chi connectivity index (χ1v) is 10.4. The van der Waals surface area contributed by atoms with Gasteiger partial charge in [0, 0.05) is 3.57 Å². The van der Waals surface area contributed by atoms with Crippen molar-refractivity contribution < 1.29 is 0 Å². The van der Waals surface area contributed by atoms with Gasteiger partial charge in [0.05, 0.1) is 8.07 Å². The second-order valence-electron chi connectivity index (χ2n) is 5.28. The smallest absolute Gasteiger partial charge is 0.0656 e. The van der Waals surface area contributed by atoms with Gasteiger partial charge < -0.3 is 0 Å². The van der Waals surface area contributed by atoms with Gasteiger partial charge in [0.1, 0.15) is 0 Å². The lowest BCUT2D eigenvalue weighted by molar-refractivity contribution is 1.59. The van der Waals surface area contributed by atoms with Crippen LogP contribution in [0.15, 0.2) is 48.5 Å². The van der Waals surface area contributed by atoms with Crippen molar-refractivity contribution >= 4 is 35.9 Å². The molecule has 0 aliphatic carbocycles. The summed E-state index contributed by atoms with van der Waals surface area (Å²) in [5, 5.41) is 1.58. The fourth-order valence-electron chi connectivity index (χ4n) is 2.14. The molecule has 0 amide bonds. The van der Waals surface area contributed by atoms with Gasteiger partial charge in [-0.2, -0.15) is 0 Å². The van der Waals surface area contributed by atoms with Crippen molar-refractivity contribution in [2.75, 3.05) is 0 Å². The molecule has 0 saturated heterocycles. The Balaban J connectivity index is 2.67. The summed E-state index contributed by atoms with van der Waals surface area (Å²) in [5.41, 5.74) is 2.75. The van der Waals surface area contributed by atoms with Gasteiger partial charge in [-0.3, -0.25) is 0 Å². The third-order valence-electron chi connectivity index (χ3n) is 2.85. The summed E-state index contributed by atoms with van der Waals surface area (Å²) in [6.45, 7) is 7.24. The quantitative estimate of drug-likeness (QED) is 0.551. The van der Waals surface area contributed by atoms with Crippen LogP contribution in [0.5, 0.6) is 0 Å². The molecule has 0 aliphatic rings. The van der Waals surface area contributed by atoms with Gasteiger partial charge in [0.15, 0.2) is 0 Å². The highest BCUT2D eigenvalue weighted by Gasteiger charge is 2.23. The van der Waals surface area contributed by atoms with Crippen LogP contribution in [-0.4, -0.2) is 8.07 Å². The van der Waals surface area contributed by atoms with E-state index < -0.39 is 8.07 Å². The molecule has 0 heterocycles. The molecule has 0 spiro atoms. The van der Waals surface area contributed by atoms with E-state index in [0.29, 0.717) is 0 Å². The van der Waals surface area contributed by atoms with E-state index in [4.69, 9.17) is 0 Å². The third-order valence-corrected chi connectivity index (χ3v) is 6.29. The minimum atomic E-state index is -1.31. The van der Waals surface area contributed by atoms with Gasteiger partial charge in [-0.1, -0.05) is 62.1 Å². The molecule has 2 aromatic rings. The second kappa shape index (κ2) is 4.94. The lowest BCUT2D eigenvalue weighted by Gasteiger charge is -2.23. The van der Waals surface area contributed by atoms with E-state index in [1.54, 1.807) is 5.19 Å². The minimum Gasteiger partial charge on any atom is -0.0656 e. The van der Waals surface area contributed by atoms with Crippen molar-refractivity contribution in [2.45, 2.75) is 19.6 Å². The molecule has 2 rings (SSSR count). The molecule has 0 nitrogen and oxygen atoms in total. The van der Waals surface area contributed by atoms with Crippen LogP contribution in [0.3, 0.4) is 0 Å². The van der Waals surface area contributed by atoms with Crippen LogP contribution in [0.2, 0.25) is 19.6 Å². The lowest BCUT2D eigenvalue weighted by Crippen LogP contribution is -2.41. The molecule has 0 saturated carbocycles. The molecule has 0 N–H and O–H groups in total. The zero-order valence-electron chi connectivity index (χ0n) is 10.5. The maximum Gasteiger partial charge on any atom is 0.0798 e. The van der Waals surface area contributed by atoms with E-state index in [0.717, 1.165) is 0 Å². The molecule has 0 aliphatic heterocycles. The SMILES string of the molecule is C[Si](C)(C)c1c(I)cccc1-c1ccccc1. The van der Waals surface area contributed by atoms with Crippen LogP contribution in [0.4, 0.5) is 0 Å². The van der Waals surface area contributed by atoms with Crippen LogP contribution < -0.4 is 5.19 Å². The van der Waals surface area contributed by atoms with Gasteiger partial charge in [0.25, 0.3) is 0 Å². The summed E-state index contributed by atoms with van der Waals surface area (Å²) in [5.74, 6) is 0. The number of hydrogen-bond acceptors (Lipinski definition) is 0. The predicted molar refractivity (Wildman–Crippen MR) is 87.6 cm³/mol. The highest BCUT2D eigenvalue weighted by atomic mass is 127. The molecule has 0 fully saturated rings. The van der Waals surface area contributed by atoms with Crippen LogP contribution in [0.1, 0.15) is 0 Å². The molecule has 0 unspecified atom stereocenters.